The lowest BCUT2D eigenvalue weighted by molar-refractivity contribution is -0.127. The topological polar surface area (TPSA) is 84.7 Å². The maximum atomic E-state index is 13.2. The van der Waals surface area contributed by atoms with Crippen molar-refractivity contribution in [2.24, 2.45) is 11.8 Å². The van der Waals surface area contributed by atoms with Gasteiger partial charge in [-0.05, 0) is 68.9 Å². The fourth-order valence-corrected chi connectivity index (χ4v) is 5.06. The molecule has 7 nitrogen and oxygen atoms in total. The number of carbonyl (C=O) groups is 2. The molecule has 2 fully saturated rings. The number of amides is 2. The number of rotatable bonds is 6. The summed E-state index contributed by atoms with van der Waals surface area (Å²) in [7, 11) is 0. The van der Waals surface area contributed by atoms with Crippen molar-refractivity contribution in [1.82, 2.24) is 15.2 Å². The molecule has 5 rings (SSSR count). The minimum absolute atomic E-state index is 0.000669. The summed E-state index contributed by atoms with van der Waals surface area (Å²) >= 11 is 0. The molecule has 7 heteroatoms. The molecule has 35 heavy (non-hydrogen) atoms. The van der Waals surface area contributed by atoms with Gasteiger partial charge < -0.3 is 19.4 Å². The number of piperidine rings is 1. The Kier molecular flexibility index (Phi) is 6.86. The van der Waals surface area contributed by atoms with E-state index in [2.05, 4.69) is 10.3 Å². The molecule has 1 N–H and O–H groups in total. The quantitative estimate of drug-likeness (QED) is 0.564. The van der Waals surface area contributed by atoms with Crippen molar-refractivity contribution in [3.63, 3.8) is 0 Å². The molecule has 2 atom stereocenters. The molecular weight excluding hydrogens is 442 g/mol. The van der Waals surface area contributed by atoms with Gasteiger partial charge in [-0.25, -0.2) is 4.98 Å². The zero-order valence-electron chi connectivity index (χ0n) is 20.5. The summed E-state index contributed by atoms with van der Waals surface area (Å²) in [6.07, 6.45) is 3.89. The molecule has 0 unspecified atom stereocenters. The van der Waals surface area contributed by atoms with Crippen LogP contribution in [0.4, 0.5) is 0 Å². The van der Waals surface area contributed by atoms with E-state index in [1.807, 2.05) is 61.2 Å². The Hall–Kier alpha value is -3.19. The zero-order chi connectivity index (χ0) is 24.4. The highest BCUT2D eigenvalue weighted by Crippen LogP contribution is 2.28. The molecule has 0 bridgehead atoms. The summed E-state index contributed by atoms with van der Waals surface area (Å²) in [4.78, 5) is 32.3. The molecular formula is C28H33N3O4. The molecule has 0 radical (unpaired) electrons. The normalized spacial score (nSPS) is 19.7. The van der Waals surface area contributed by atoms with Crippen molar-refractivity contribution in [3.05, 3.63) is 53.6 Å². The number of ether oxygens (including phenoxy) is 1. The Morgan fingerprint density at radius 3 is 2.60 bits per heavy atom. The molecule has 0 saturated carbocycles. The highest BCUT2D eigenvalue weighted by atomic mass is 16.5. The summed E-state index contributed by atoms with van der Waals surface area (Å²) in [6.45, 7) is 6.73. The number of hydrogen-bond acceptors (Lipinski definition) is 5. The van der Waals surface area contributed by atoms with Gasteiger partial charge in [0.15, 0.2) is 5.58 Å². The minimum atomic E-state index is -0.0691. The largest absolute Gasteiger partial charge is 0.436 e. The van der Waals surface area contributed by atoms with Crippen LogP contribution in [0.1, 0.15) is 48.5 Å². The minimum Gasteiger partial charge on any atom is -0.436 e. The lowest BCUT2D eigenvalue weighted by atomic mass is 9.84. The van der Waals surface area contributed by atoms with Crippen molar-refractivity contribution >= 4 is 22.9 Å². The third-order valence-electron chi connectivity index (χ3n) is 7.41. The average Bonchev–Trinajstić information content (AvgIpc) is 3.56. The predicted molar refractivity (Wildman–Crippen MR) is 134 cm³/mol. The SMILES string of the molecule is Cc1ccc(-c2nc3cc(C(=O)N4CCC([C@@H](C)C(=O)NC[C@H]5CCCO5)CC4)ccc3o2)cc1. The number of nitrogens with one attached hydrogen (secondary N) is 1. The smallest absolute Gasteiger partial charge is 0.253 e. The fourth-order valence-electron chi connectivity index (χ4n) is 5.06. The van der Waals surface area contributed by atoms with Gasteiger partial charge in [0.1, 0.15) is 5.52 Å². The highest BCUT2D eigenvalue weighted by Gasteiger charge is 2.30. The first-order valence-corrected chi connectivity index (χ1v) is 12.6. The summed E-state index contributed by atoms with van der Waals surface area (Å²) in [5.41, 5.74) is 4.05. The van der Waals surface area contributed by atoms with Crippen molar-refractivity contribution in [2.75, 3.05) is 26.2 Å². The van der Waals surface area contributed by atoms with Crippen molar-refractivity contribution in [1.29, 1.82) is 0 Å². The molecule has 2 amide bonds. The number of aromatic nitrogens is 1. The Bertz CT molecular complexity index is 1190. The van der Waals surface area contributed by atoms with Gasteiger partial charge in [0.05, 0.1) is 6.10 Å². The first-order chi connectivity index (χ1) is 17.0. The van der Waals surface area contributed by atoms with E-state index in [0.29, 0.717) is 42.2 Å². The molecule has 2 saturated heterocycles. The first-order valence-electron chi connectivity index (χ1n) is 12.6. The number of fused-ring (bicyclic) bond motifs is 1. The van der Waals surface area contributed by atoms with Crippen LogP contribution in [0.25, 0.3) is 22.6 Å². The van der Waals surface area contributed by atoms with Crippen molar-refractivity contribution in [3.8, 4) is 11.5 Å². The van der Waals surface area contributed by atoms with Gasteiger partial charge in [0, 0.05) is 43.3 Å². The Labute approximate surface area is 205 Å². The molecule has 0 aliphatic carbocycles. The van der Waals surface area contributed by atoms with Crippen molar-refractivity contribution in [2.45, 2.75) is 45.6 Å². The van der Waals surface area contributed by atoms with E-state index in [0.717, 1.165) is 37.9 Å². The van der Waals surface area contributed by atoms with Gasteiger partial charge in [-0.3, -0.25) is 9.59 Å². The average molecular weight is 476 g/mol. The molecule has 0 spiro atoms. The van der Waals surface area contributed by atoms with E-state index in [1.54, 1.807) is 0 Å². The van der Waals surface area contributed by atoms with Gasteiger partial charge >= 0.3 is 0 Å². The lowest BCUT2D eigenvalue weighted by Crippen LogP contribution is -2.43. The molecule has 2 aromatic carbocycles. The van der Waals surface area contributed by atoms with E-state index in [4.69, 9.17) is 9.15 Å². The number of hydrogen-bond donors (Lipinski definition) is 1. The summed E-state index contributed by atoms with van der Waals surface area (Å²) in [5.74, 6) is 0.850. The number of nitrogens with zero attached hydrogens (tertiary/aromatic N) is 2. The molecule has 3 aromatic rings. The van der Waals surface area contributed by atoms with E-state index < -0.39 is 0 Å². The van der Waals surface area contributed by atoms with E-state index in [1.165, 1.54) is 5.56 Å². The third-order valence-corrected chi connectivity index (χ3v) is 7.41. The van der Waals surface area contributed by atoms with E-state index in [-0.39, 0.29) is 29.8 Å². The van der Waals surface area contributed by atoms with Crippen LogP contribution in [0.5, 0.6) is 0 Å². The Morgan fingerprint density at radius 1 is 1.11 bits per heavy atom. The maximum absolute atomic E-state index is 13.2. The standard InChI is InChI=1S/C28H33N3O4/c1-18-5-7-21(8-6-18)27-30-24-16-22(9-10-25(24)35-27)28(33)31-13-11-20(12-14-31)19(2)26(32)29-17-23-4-3-15-34-23/h5-10,16,19-20,23H,3-4,11-15,17H2,1-2H3,(H,29,32)/t19-,23-/m1/s1. The predicted octanol–water partition coefficient (Wildman–Crippen LogP) is 4.59. The Balaban J connectivity index is 1.18. The number of benzene rings is 2. The fraction of sp³-hybridized carbons (Fsp3) is 0.464. The number of aryl methyl sites for hydroxylation is 1. The third kappa shape index (κ3) is 5.25. The van der Waals surface area contributed by atoms with Gasteiger partial charge in [0.2, 0.25) is 11.8 Å². The van der Waals surface area contributed by atoms with Crippen LogP contribution in [0, 0.1) is 18.8 Å². The van der Waals surface area contributed by atoms with E-state index in [9.17, 15) is 9.59 Å². The van der Waals surface area contributed by atoms with Crippen LogP contribution in [0.15, 0.2) is 46.9 Å². The van der Waals surface area contributed by atoms with Crippen molar-refractivity contribution < 1.29 is 18.7 Å². The maximum Gasteiger partial charge on any atom is 0.253 e. The number of oxazole rings is 1. The summed E-state index contributed by atoms with van der Waals surface area (Å²) in [6, 6.07) is 13.5. The molecule has 3 heterocycles. The molecule has 184 valence electrons. The summed E-state index contributed by atoms with van der Waals surface area (Å²) < 4.78 is 11.5. The highest BCUT2D eigenvalue weighted by molar-refractivity contribution is 5.97. The van der Waals surface area contributed by atoms with Crippen LogP contribution in [0.3, 0.4) is 0 Å². The molecule has 2 aliphatic rings. The monoisotopic (exact) mass is 475 g/mol. The van der Waals surface area contributed by atoms with Gasteiger partial charge in [-0.1, -0.05) is 24.6 Å². The summed E-state index contributed by atoms with van der Waals surface area (Å²) in [5, 5.41) is 3.05. The van der Waals surface area contributed by atoms with Crippen LogP contribution in [-0.4, -0.2) is 54.0 Å². The second kappa shape index (κ2) is 10.2. The molecule has 2 aliphatic heterocycles. The second-order valence-electron chi connectivity index (χ2n) is 9.87. The van der Waals surface area contributed by atoms with Gasteiger partial charge in [0.25, 0.3) is 5.91 Å². The zero-order valence-corrected chi connectivity index (χ0v) is 20.5. The van der Waals surface area contributed by atoms with E-state index >= 15 is 0 Å². The van der Waals surface area contributed by atoms with Crippen LogP contribution in [0.2, 0.25) is 0 Å². The molecule has 1 aromatic heterocycles. The number of carbonyl (C=O) groups excluding carboxylic acids is 2. The van der Waals surface area contributed by atoms with Crippen LogP contribution in [-0.2, 0) is 9.53 Å². The van der Waals surface area contributed by atoms with Crippen LogP contribution < -0.4 is 5.32 Å². The lowest BCUT2D eigenvalue weighted by Gasteiger charge is -2.34. The Morgan fingerprint density at radius 2 is 1.89 bits per heavy atom. The van der Waals surface area contributed by atoms with Gasteiger partial charge in [-0.15, -0.1) is 0 Å². The van der Waals surface area contributed by atoms with Gasteiger partial charge in [-0.2, -0.15) is 0 Å². The first kappa shape index (κ1) is 23.5. The van der Waals surface area contributed by atoms with Crippen LogP contribution >= 0.6 is 0 Å². The number of likely N-dealkylation sites (tertiary alicyclic amines) is 1. The second-order valence-corrected chi connectivity index (χ2v) is 9.87.